The van der Waals surface area contributed by atoms with Crippen LogP contribution < -0.4 is 29.1 Å². The zero-order valence-electron chi connectivity index (χ0n) is 22.1. The predicted molar refractivity (Wildman–Crippen MR) is 144 cm³/mol. The van der Waals surface area contributed by atoms with Crippen LogP contribution in [0.25, 0.3) is 6.08 Å². The number of phenols is 1. The lowest BCUT2D eigenvalue weighted by atomic mass is 9.95. The normalized spacial score (nSPS) is 15.2. The minimum atomic E-state index is -0.812. The molecule has 200 valence electrons. The molecule has 0 fully saturated rings. The maximum atomic E-state index is 13.8. The Kier molecular flexibility index (Phi) is 7.91. The standard InChI is InChI=1S/C28H30N2O7S/c1-7-36-27(33)23-16(4)29-28-30(24(23)17-11-12-19(37-15(2)3)21(13-17)35-6)26(32)22(38-28)14-18-9-8-10-20(34-5)25(18)31/h8-15,24,31H,7H2,1-6H3. The maximum absolute atomic E-state index is 13.8. The number of carbonyl (C=O) groups excluding carboxylic acids is 1. The number of rotatable bonds is 8. The Bertz CT molecular complexity index is 1580. The second-order valence-electron chi connectivity index (χ2n) is 8.78. The van der Waals surface area contributed by atoms with E-state index in [0.717, 1.165) is 11.3 Å². The summed E-state index contributed by atoms with van der Waals surface area (Å²) in [6.07, 6.45) is 1.51. The van der Waals surface area contributed by atoms with Crippen LogP contribution in [0, 0.1) is 0 Å². The number of fused-ring (bicyclic) bond motifs is 1. The molecule has 1 unspecified atom stereocenters. The first kappa shape index (κ1) is 27.0. The number of hydrogen-bond donors (Lipinski definition) is 1. The molecule has 0 amide bonds. The van der Waals surface area contributed by atoms with Gasteiger partial charge in [0.2, 0.25) is 0 Å². The number of ether oxygens (including phenoxy) is 4. The summed E-state index contributed by atoms with van der Waals surface area (Å²) in [5.74, 6) is 0.676. The lowest BCUT2D eigenvalue weighted by Gasteiger charge is -2.25. The van der Waals surface area contributed by atoms with Crippen LogP contribution in [-0.4, -0.2) is 42.6 Å². The van der Waals surface area contributed by atoms with Gasteiger partial charge in [0.15, 0.2) is 27.8 Å². The topological polar surface area (TPSA) is 109 Å². The van der Waals surface area contributed by atoms with Crippen LogP contribution in [0.3, 0.4) is 0 Å². The molecule has 9 nitrogen and oxygen atoms in total. The number of carbonyl (C=O) groups is 1. The monoisotopic (exact) mass is 538 g/mol. The predicted octanol–water partition coefficient (Wildman–Crippen LogP) is 3.31. The van der Waals surface area contributed by atoms with Gasteiger partial charge in [0.1, 0.15) is 0 Å². The van der Waals surface area contributed by atoms with Gasteiger partial charge < -0.3 is 24.1 Å². The Morgan fingerprint density at radius 2 is 1.89 bits per heavy atom. The van der Waals surface area contributed by atoms with E-state index >= 15 is 0 Å². The Hall–Kier alpha value is -4.05. The Morgan fingerprint density at radius 3 is 2.55 bits per heavy atom. The van der Waals surface area contributed by atoms with Crippen molar-refractivity contribution < 1.29 is 28.8 Å². The zero-order valence-corrected chi connectivity index (χ0v) is 22.9. The molecule has 0 aliphatic carbocycles. The summed E-state index contributed by atoms with van der Waals surface area (Å²) in [4.78, 5) is 31.9. The highest BCUT2D eigenvalue weighted by atomic mass is 32.1. The lowest BCUT2D eigenvalue weighted by molar-refractivity contribution is -0.139. The molecule has 1 aliphatic rings. The molecule has 3 aromatic rings. The summed E-state index contributed by atoms with van der Waals surface area (Å²) in [6, 6.07) is 9.54. The number of phenolic OH excluding ortho intramolecular Hbond substituents is 1. The highest BCUT2D eigenvalue weighted by Gasteiger charge is 2.34. The van der Waals surface area contributed by atoms with Crippen LogP contribution in [0.1, 0.15) is 44.9 Å². The van der Waals surface area contributed by atoms with E-state index in [4.69, 9.17) is 18.9 Å². The van der Waals surface area contributed by atoms with Gasteiger partial charge in [-0.05, 0) is 57.5 Å². The van der Waals surface area contributed by atoms with Gasteiger partial charge in [-0.2, -0.15) is 0 Å². The van der Waals surface area contributed by atoms with Crippen molar-refractivity contribution in [2.24, 2.45) is 4.99 Å². The summed E-state index contributed by atoms with van der Waals surface area (Å²) in [5, 5.41) is 10.6. The smallest absolute Gasteiger partial charge is 0.338 e. The summed E-state index contributed by atoms with van der Waals surface area (Å²) in [7, 11) is 2.99. The fourth-order valence-corrected chi connectivity index (χ4v) is 5.31. The van der Waals surface area contributed by atoms with Crippen molar-refractivity contribution in [2.45, 2.75) is 39.8 Å². The molecular weight excluding hydrogens is 508 g/mol. The molecule has 0 saturated carbocycles. The third-order valence-electron chi connectivity index (χ3n) is 5.92. The molecular formula is C28H30N2O7S. The van der Waals surface area contributed by atoms with Crippen molar-refractivity contribution in [2.75, 3.05) is 20.8 Å². The average molecular weight is 539 g/mol. The first-order valence-corrected chi connectivity index (χ1v) is 12.9. The van der Waals surface area contributed by atoms with E-state index < -0.39 is 12.0 Å². The number of benzene rings is 2. The molecule has 1 N–H and O–H groups in total. The van der Waals surface area contributed by atoms with Crippen molar-refractivity contribution in [1.82, 2.24) is 4.57 Å². The van der Waals surface area contributed by atoms with Crippen molar-refractivity contribution in [3.8, 4) is 23.0 Å². The number of allylic oxidation sites excluding steroid dienone is 1. The van der Waals surface area contributed by atoms with Crippen LogP contribution in [0.5, 0.6) is 23.0 Å². The number of aromatic hydroxyl groups is 1. The highest BCUT2D eigenvalue weighted by Crippen LogP contribution is 2.36. The van der Waals surface area contributed by atoms with Crippen molar-refractivity contribution in [1.29, 1.82) is 0 Å². The summed E-state index contributed by atoms with van der Waals surface area (Å²) in [6.45, 7) is 7.44. The average Bonchev–Trinajstić information content (AvgIpc) is 3.18. The molecule has 0 radical (unpaired) electrons. The van der Waals surface area contributed by atoms with Crippen LogP contribution >= 0.6 is 11.3 Å². The van der Waals surface area contributed by atoms with Gasteiger partial charge in [0, 0.05) is 5.56 Å². The van der Waals surface area contributed by atoms with Crippen LogP contribution in [0.2, 0.25) is 0 Å². The minimum Gasteiger partial charge on any atom is -0.504 e. The van der Waals surface area contributed by atoms with Gasteiger partial charge in [-0.25, -0.2) is 9.79 Å². The zero-order chi connectivity index (χ0) is 27.6. The second kappa shape index (κ2) is 11.1. The molecule has 2 aromatic carbocycles. The number of methoxy groups -OCH3 is 2. The Labute approximate surface area is 223 Å². The van der Waals surface area contributed by atoms with E-state index in [1.807, 2.05) is 13.8 Å². The third-order valence-corrected chi connectivity index (χ3v) is 6.90. The number of nitrogens with zero attached hydrogens (tertiary/aromatic N) is 2. The van der Waals surface area contributed by atoms with E-state index in [0.29, 0.717) is 43.4 Å². The van der Waals surface area contributed by atoms with Gasteiger partial charge in [-0.15, -0.1) is 0 Å². The highest BCUT2D eigenvalue weighted by molar-refractivity contribution is 7.07. The van der Waals surface area contributed by atoms with E-state index in [-0.39, 0.29) is 29.6 Å². The first-order chi connectivity index (χ1) is 18.2. The molecule has 38 heavy (non-hydrogen) atoms. The number of thiazole rings is 1. The molecule has 0 saturated heterocycles. The number of hydrogen-bond acceptors (Lipinski definition) is 9. The quantitative estimate of drug-likeness (QED) is 0.439. The summed E-state index contributed by atoms with van der Waals surface area (Å²) >= 11 is 1.16. The summed E-state index contributed by atoms with van der Waals surface area (Å²) < 4.78 is 23.8. The maximum Gasteiger partial charge on any atom is 0.338 e. The molecule has 1 aliphatic heterocycles. The number of para-hydroxylation sites is 1. The van der Waals surface area contributed by atoms with Crippen LogP contribution in [0.15, 0.2) is 57.5 Å². The molecule has 0 bridgehead atoms. The molecule has 1 aromatic heterocycles. The largest absolute Gasteiger partial charge is 0.504 e. The summed E-state index contributed by atoms with van der Waals surface area (Å²) in [5.41, 5.74) is 1.40. The van der Waals surface area contributed by atoms with Crippen molar-refractivity contribution >= 4 is 23.4 Å². The van der Waals surface area contributed by atoms with Crippen LogP contribution in [0.4, 0.5) is 0 Å². The van der Waals surface area contributed by atoms with Gasteiger partial charge in [-0.3, -0.25) is 9.36 Å². The molecule has 2 heterocycles. The fourth-order valence-electron chi connectivity index (χ4n) is 4.27. The SMILES string of the molecule is CCOC(=O)C1=C(C)N=c2sc(=Cc3cccc(OC)c3O)c(=O)n2C1c1ccc(OC(C)C)c(OC)c1. The Morgan fingerprint density at radius 1 is 1.16 bits per heavy atom. The third kappa shape index (κ3) is 5.04. The molecule has 10 heteroatoms. The molecule has 1 atom stereocenters. The van der Waals surface area contributed by atoms with Gasteiger partial charge in [0.05, 0.1) is 48.8 Å². The van der Waals surface area contributed by atoms with Crippen LogP contribution in [-0.2, 0) is 9.53 Å². The van der Waals surface area contributed by atoms with Gasteiger partial charge in [-0.1, -0.05) is 29.5 Å². The minimum absolute atomic E-state index is 0.0716. The molecule has 4 rings (SSSR count). The van der Waals surface area contributed by atoms with E-state index in [1.54, 1.807) is 56.3 Å². The van der Waals surface area contributed by atoms with Gasteiger partial charge >= 0.3 is 5.97 Å². The Balaban J connectivity index is 1.96. The van der Waals surface area contributed by atoms with E-state index in [2.05, 4.69) is 4.99 Å². The van der Waals surface area contributed by atoms with Crippen molar-refractivity contribution in [3.63, 3.8) is 0 Å². The lowest BCUT2D eigenvalue weighted by Crippen LogP contribution is -2.40. The molecule has 0 spiro atoms. The van der Waals surface area contributed by atoms with Gasteiger partial charge in [0.25, 0.3) is 5.56 Å². The van der Waals surface area contributed by atoms with E-state index in [1.165, 1.54) is 18.8 Å². The fraction of sp³-hybridized carbons (Fsp3) is 0.321. The first-order valence-electron chi connectivity index (χ1n) is 12.1. The number of esters is 1. The number of aromatic nitrogens is 1. The van der Waals surface area contributed by atoms with E-state index in [9.17, 15) is 14.7 Å². The van der Waals surface area contributed by atoms with Crippen molar-refractivity contribution in [3.05, 3.63) is 78.5 Å². The second-order valence-corrected chi connectivity index (χ2v) is 9.79.